The second-order valence-corrected chi connectivity index (χ2v) is 7.92. The highest BCUT2D eigenvalue weighted by Gasteiger charge is 2.22. The number of carbonyl (C=O) groups is 1. The first-order valence-electron chi connectivity index (χ1n) is 11.4. The van der Waals surface area contributed by atoms with E-state index in [1.54, 1.807) is 0 Å². The Bertz CT molecular complexity index is 634. The van der Waals surface area contributed by atoms with Crippen molar-refractivity contribution in [1.29, 1.82) is 0 Å². The molecule has 1 aromatic carbocycles. The van der Waals surface area contributed by atoms with E-state index in [1.165, 1.54) is 5.69 Å². The summed E-state index contributed by atoms with van der Waals surface area (Å²) in [5, 5.41) is 6.82. The number of benzene rings is 1. The smallest absolute Gasteiger partial charge is 0.220 e. The molecular weight excluding hydrogens is 503 g/mol. The van der Waals surface area contributed by atoms with Crippen molar-refractivity contribution in [3.63, 3.8) is 0 Å². The Morgan fingerprint density at radius 3 is 2.35 bits per heavy atom. The van der Waals surface area contributed by atoms with Crippen LogP contribution in [0, 0.1) is 5.92 Å². The average molecular weight is 545 g/mol. The summed E-state index contributed by atoms with van der Waals surface area (Å²) in [5.74, 6) is 0.814. The number of halogens is 1. The van der Waals surface area contributed by atoms with Gasteiger partial charge in [0.15, 0.2) is 5.96 Å². The number of carbonyl (C=O) groups excluding carboxylic acids is 1. The normalized spacial score (nSPS) is 15.2. The number of hydrogen-bond acceptors (Lipinski definition) is 4. The van der Waals surface area contributed by atoms with Gasteiger partial charge in [-0.3, -0.25) is 9.79 Å². The third-order valence-electron chi connectivity index (χ3n) is 5.81. The molecule has 0 unspecified atom stereocenters. The fourth-order valence-corrected chi connectivity index (χ4v) is 3.91. The number of primary amides is 1. The summed E-state index contributed by atoms with van der Waals surface area (Å²) in [6.07, 6.45) is 5.13. The number of nitrogens with one attached hydrogen (secondary N) is 2. The molecule has 0 spiro atoms. The van der Waals surface area contributed by atoms with Crippen LogP contribution in [0.25, 0.3) is 0 Å². The van der Waals surface area contributed by atoms with Crippen molar-refractivity contribution in [1.82, 2.24) is 15.5 Å². The molecule has 0 saturated carbocycles. The summed E-state index contributed by atoms with van der Waals surface area (Å²) in [4.78, 5) is 20.4. The number of nitrogens with zero attached hydrogens (tertiary/aromatic N) is 3. The van der Waals surface area contributed by atoms with Crippen LogP contribution in [0.15, 0.2) is 35.3 Å². The second kappa shape index (κ2) is 16.1. The molecule has 31 heavy (non-hydrogen) atoms. The molecule has 1 aromatic rings. The van der Waals surface area contributed by atoms with Crippen molar-refractivity contribution in [2.24, 2.45) is 16.6 Å². The lowest BCUT2D eigenvalue weighted by atomic mass is 9.96. The second-order valence-electron chi connectivity index (χ2n) is 7.92. The molecule has 4 N–H and O–H groups in total. The van der Waals surface area contributed by atoms with E-state index >= 15 is 0 Å². The molecule has 1 aliphatic heterocycles. The number of amides is 1. The van der Waals surface area contributed by atoms with Gasteiger partial charge < -0.3 is 26.2 Å². The third-order valence-corrected chi connectivity index (χ3v) is 5.81. The molecule has 0 bridgehead atoms. The number of piperidine rings is 1. The average Bonchev–Trinajstić information content (AvgIpc) is 2.78. The van der Waals surface area contributed by atoms with E-state index in [1.807, 2.05) is 7.05 Å². The van der Waals surface area contributed by atoms with Crippen molar-refractivity contribution in [3.05, 3.63) is 30.3 Å². The van der Waals surface area contributed by atoms with Crippen LogP contribution in [0.3, 0.4) is 0 Å². The van der Waals surface area contributed by atoms with Gasteiger partial charge in [0, 0.05) is 44.8 Å². The SMILES string of the molecule is CCN(CCCNC(=NC)NCCCCN1CCC(C(N)=O)CC1)c1ccccc1.I. The summed E-state index contributed by atoms with van der Waals surface area (Å²) in [5.41, 5.74) is 6.68. The predicted octanol–water partition coefficient (Wildman–Crippen LogP) is 2.66. The highest BCUT2D eigenvalue weighted by Crippen LogP contribution is 2.16. The fourth-order valence-electron chi connectivity index (χ4n) is 3.91. The topological polar surface area (TPSA) is 86.0 Å². The number of para-hydroxylation sites is 1. The molecule has 1 fully saturated rings. The maximum atomic E-state index is 11.2. The number of nitrogens with two attached hydrogens (primary N) is 1. The molecule has 1 amide bonds. The molecular formula is C23H41IN6O. The van der Waals surface area contributed by atoms with Crippen molar-refractivity contribution < 1.29 is 4.79 Å². The number of guanidine groups is 1. The molecule has 1 heterocycles. The molecule has 1 saturated heterocycles. The highest BCUT2D eigenvalue weighted by atomic mass is 127. The van der Waals surface area contributed by atoms with E-state index in [4.69, 9.17) is 5.73 Å². The first kappa shape index (κ1) is 27.5. The van der Waals surface area contributed by atoms with Crippen LogP contribution in [-0.2, 0) is 4.79 Å². The van der Waals surface area contributed by atoms with Crippen molar-refractivity contribution in [2.75, 3.05) is 57.8 Å². The number of rotatable bonds is 12. The third kappa shape index (κ3) is 10.5. The minimum Gasteiger partial charge on any atom is -0.372 e. The molecule has 0 radical (unpaired) electrons. The Hall–Kier alpha value is -1.55. The van der Waals surface area contributed by atoms with E-state index in [0.29, 0.717) is 0 Å². The molecule has 1 aliphatic rings. The summed E-state index contributed by atoms with van der Waals surface area (Å²) < 4.78 is 0. The van der Waals surface area contributed by atoms with Gasteiger partial charge in [0.05, 0.1) is 0 Å². The van der Waals surface area contributed by atoms with Gasteiger partial charge in [0.25, 0.3) is 0 Å². The monoisotopic (exact) mass is 544 g/mol. The lowest BCUT2D eigenvalue weighted by molar-refractivity contribution is -0.123. The van der Waals surface area contributed by atoms with Gasteiger partial charge >= 0.3 is 0 Å². The van der Waals surface area contributed by atoms with Crippen LogP contribution in [0.4, 0.5) is 5.69 Å². The van der Waals surface area contributed by atoms with Gasteiger partial charge in [-0.1, -0.05) is 18.2 Å². The number of aliphatic imine (C=N–C) groups is 1. The first-order valence-corrected chi connectivity index (χ1v) is 11.4. The zero-order valence-electron chi connectivity index (χ0n) is 19.2. The predicted molar refractivity (Wildman–Crippen MR) is 141 cm³/mol. The Balaban J connectivity index is 0.00000480. The van der Waals surface area contributed by atoms with Gasteiger partial charge in [0.1, 0.15) is 0 Å². The number of anilines is 1. The van der Waals surface area contributed by atoms with Gasteiger partial charge in [-0.25, -0.2) is 0 Å². The highest BCUT2D eigenvalue weighted by molar-refractivity contribution is 14.0. The van der Waals surface area contributed by atoms with Gasteiger partial charge in [-0.2, -0.15) is 0 Å². The number of unbranched alkanes of at least 4 members (excludes halogenated alkanes) is 1. The van der Waals surface area contributed by atoms with Crippen molar-refractivity contribution in [2.45, 2.75) is 39.0 Å². The molecule has 176 valence electrons. The molecule has 8 heteroatoms. The minimum atomic E-state index is -0.139. The van der Waals surface area contributed by atoms with Crippen LogP contribution >= 0.6 is 24.0 Å². The van der Waals surface area contributed by atoms with Crippen LogP contribution in [0.2, 0.25) is 0 Å². The van der Waals surface area contributed by atoms with Gasteiger partial charge in [0.2, 0.25) is 5.91 Å². The molecule has 0 aliphatic carbocycles. The maximum Gasteiger partial charge on any atom is 0.220 e. The van der Waals surface area contributed by atoms with Crippen LogP contribution < -0.4 is 21.3 Å². The summed E-state index contributed by atoms with van der Waals surface area (Å²) in [6, 6.07) is 10.6. The molecule has 2 rings (SSSR count). The maximum absolute atomic E-state index is 11.2. The van der Waals surface area contributed by atoms with E-state index < -0.39 is 0 Å². The van der Waals surface area contributed by atoms with Crippen molar-refractivity contribution in [3.8, 4) is 0 Å². The first-order chi connectivity index (χ1) is 14.6. The zero-order chi connectivity index (χ0) is 21.6. The molecule has 0 aromatic heterocycles. The summed E-state index contributed by atoms with van der Waals surface area (Å²) in [6.45, 7) is 9.12. The van der Waals surface area contributed by atoms with Crippen molar-refractivity contribution >= 4 is 41.5 Å². The largest absolute Gasteiger partial charge is 0.372 e. The fraction of sp³-hybridized carbons (Fsp3) is 0.652. The van der Waals surface area contributed by atoms with Crippen LogP contribution in [-0.4, -0.2) is 69.6 Å². The van der Waals surface area contributed by atoms with E-state index in [0.717, 1.165) is 83.9 Å². The summed E-state index contributed by atoms with van der Waals surface area (Å²) in [7, 11) is 1.82. The lowest BCUT2D eigenvalue weighted by Gasteiger charge is -2.30. The molecule has 7 nitrogen and oxygen atoms in total. The summed E-state index contributed by atoms with van der Waals surface area (Å²) >= 11 is 0. The van der Waals surface area contributed by atoms with Crippen LogP contribution in [0.5, 0.6) is 0 Å². The number of likely N-dealkylation sites (tertiary alicyclic amines) is 1. The quantitative estimate of drug-likeness (QED) is 0.163. The lowest BCUT2D eigenvalue weighted by Crippen LogP contribution is -2.40. The Morgan fingerprint density at radius 2 is 1.77 bits per heavy atom. The van der Waals surface area contributed by atoms with E-state index in [-0.39, 0.29) is 35.8 Å². The van der Waals surface area contributed by atoms with Gasteiger partial charge in [-0.05, 0) is 70.8 Å². The standard InChI is InChI=1S/C23H40N6O.HI/c1-3-29(21-10-5-4-6-11-21)17-9-15-27-23(25-2)26-14-7-8-16-28-18-12-20(13-19-28)22(24)30;/h4-6,10-11,20H,3,7-9,12-19H2,1-2H3,(H2,24,30)(H2,25,26,27);1H. The Labute approximate surface area is 205 Å². The van der Waals surface area contributed by atoms with Gasteiger partial charge in [-0.15, -0.1) is 24.0 Å². The Morgan fingerprint density at radius 1 is 1.13 bits per heavy atom. The van der Waals surface area contributed by atoms with E-state index in [2.05, 4.69) is 62.7 Å². The zero-order valence-corrected chi connectivity index (χ0v) is 21.5. The van der Waals surface area contributed by atoms with E-state index in [9.17, 15) is 4.79 Å². The number of hydrogen-bond donors (Lipinski definition) is 3. The Kier molecular flexibility index (Phi) is 14.3. The molecule has 0 atom stereocenters. The van der Waals surface area contributed by atoms with Crippen LogP contribution in [0.1, 0.15) is 39.0 Å². The minimum absolute atomic E-state index is 0.